The number of halogens is 1. The number of oxime groups is 1. The van der Waals surface area contributed by atoms with Crippen molar-refractivity contribution in [2.45, 2.75) is 37.5 Å². The number of amides is 2. The fraction of sp³-hybridized carbons (Fsp3) is 0.385. The molecule has 0 spiro atoms. The number of carboxylic acid groups (broad SMARTS) is 2. The average molecular weight is 709 g/mol. The molecule has 3 aromatic heterocycles. The van der Waals surface area contributed by atoms with Gasteiger partial charge in [0, 0.05) is 31.0 Å². The third-order valence-corrected chi connectivity index (χ3v) is 9.61. The highest BCUT2D eigenvalue weighted by Gasteiger charge is 2.53. The molecule has 0 bridgehead atoms. The predicted molar refractivity (Wildman–Crippen MR) is 168 cm³/mol. The van der Waals surface area contributed by atoms with Gasteiger partial charge in [0.2, 0.25) is 6.10 Å². The molecule has 18 nitrogen and oxygen atoms in total. The van der Waals surface area contributed by atoms with Crippen molar-refractivity contribution >= 4 is 86.4 Å². The highest BCUT2D eigenvalue weighted by molar-refractivity contribution is 8.00. The Morgan fingerprint density at radius 3 is 2.74 bits per heavy atom. The molecule has 8 N–H and O–H groups in total. The number of nitrogens with zero attached hydrogens (tertiary/aromatic N) is 6. The maximum absolute atomic E-state index is 13.3. The van der Waals surface area contributed by atoms with Crippen LogP contribution in [0.3, 0.4) is 0 Å². The maximum atomic E-state index is 13.3. The summed E-state index contributed by atoms with van der Waals surface area (Å²) in [7, 11) is 0. The molecule has 5 heterocycles. The van der Waals surface area contributed by atoms with Gasteiger partial charge >= 0.3 is 17.6 Å². The quantitative estimate of drug-likeness (QED) is 0.0332. The molecule has 250 valence electrons. The smallest absolute Gasteiger partial charge is 0.351 e. The average Bonchev–Trinajstić information content (AvgIpc) is 3.54. The molecule has 47 heavy (non-hydrogen) atoms. The van der Waals surface area contributed by atoms with E-state index in [0.29, 0.717) is 36.4 Å². The first-order valence-electron chi connectivity index (χ1n) is 14.0. The van der Waals surface area contributed by atoms with Gasteiger partial charge in [-0.3, -0.25) is 19.1 Å². The van der Waals surface area contributed by atoms with E-state index in [0.717, 1.165) is 16.2 Å². The standard InChI is InChI=1S/C26H29ClN10O8S2/c1-11(23(41)42)45-34-15(14-18(27)47-26(29)32-14)20(39)31-16-21(40)37-17(24(43)44)12(10-46-22(16)37)9-35-6-2-3-13-19(35)33-25(28)36(13)7-4-30-5-8-38/h2-3,6,11,16,22,28,30,38H,4-5,7-10H2,1H3,(H5,29,31,32,39,41,42,43,44)/b34-15-/t11-,16+,22?/m0/s1. The zero-order valence-electron chi connectivity index (χ0n) is 24.6. The number of nitrogens with two attached hydrogens (primary N) is 2. The van der Waals surface area contributed by atoms with E-state index < -0.39 is 47.0 Å². The number of β-lactam (4-membered cyclic amide) rings is 1. The number of carbonyl (C=O) groups is 4. The van der Waals surface area contributed by atoms with Crippen LogP contribution in [0.4, 0.5) is 11.1 Å². The van der Waals surface area contributed by atoms with Gasteiger partial charge in [0.05, 0.1) is 24.5 Å². The second-order valence-corrected chi connectivity index (χ2v) is 13.0. The van der Waals surface area contributed by atoms with E-state index in [2.05, 4.69) is 25.8 Å². The number of nitrogens with one attached hydrogen (secondary N) is 2. The largest absolute Gasteiger partial charge is 0.543 e. The number of pyridine rings is 1. The Labute approximate surface area is 279 Å². The number of aliphatic carboxylic acids is 2. The monoisotopic (exact) mass is 708 g/mol. The first kappa shape index (κ1) is 33.9. The summed E-state index contributed by atoms with van der Waals surface area (Å²) in [5, 5.41) is 38.9. The number of hydrogen-bond acceptors (Lipinski definition) is 15. The van der Waals surface area contributed by atoms with Gasteiger partial charge in [-0.15, -0.1) is 11.8 Å². The minimum atomic E-state index is -1.57. The van der Waals surface area contributed by atoms with E-state index in [9.17, 15) is 24.3 Å². The van der Waals surface area contributed by atoms with Gasteiger partial charge in [0.15, 0.2) is 10.8 Å². The fourth-order valence-corrected chi connectivity index (χ4v) is 7.22. The zero-order chi connectivity index (χ0) is 34.0. The van der Waals surface area contributed by atoms with Crippen molar-refractivity contribution in [3.8, 4) is 0 Å². The molecular formula is C26H29ClN10O8S2. The lowest BCUT2D eigenvalue weighted by atomic mass is 10.0. The molecule has 3 atom stereocenters. The number of aromatic nitrogens is 4. The Morgan fingerprint density at radius 1 is 1.32 bits per heavy atom. The van der Waals surface area contributed by atoms with Crippen LogP contribution in [0.5, 0.6) is 0 Å². The van der Waals surface area contributed by atoms with Crippen molar-refractivity contribution in [1.29, 1.82) is 0 Å². The fourth-order valence-electron chi connectivity index (χ4n) is 4.95. The van der Waals surface area contributed by atoms with Crippen molar-refractivity contribution < 1.29 is 43.9 Å². The Balaban J connectivity index is 1.37. The van der Waals surface area contributed by atoms with Crippen molar-refractivity contribution in [3.63, 3.8) is 0 Å². The summed E-state index contributed by atoms with van der Waals surface area (Å²) in [4.78, 5) is 64.7. The Hall–Kier alpha value is -4.50. The van der Waals surface area contributed by atoms with Gasteiger partial charge in [-0.25, -0.2) is 14.3 Å². The summed E-state index contributed by atoms with van der Waals surface area (Å²) in [6.45, 7) is 2.68. The lowest BCUT2D eigenvalue weighted by Gasteiger charge is -2.50. The molecular weight excluding hydrogens is 680 g/mol. The summed E-state index contributed by atoms with van der Waals surface area (Å²) in [5.41, 5.74) is 12.4. The van der Waals surface area contributed by atoms with Crippen LogP contribution in [0.2, 0.25) is 4.34 Å². The van der Waals surface area contributed by atoms with Crippen LogP contribution in [-0.4, -0.2) is 102 Å². The molecule has 1 unspecified atom stereocenters. The van der Waals surface area contributed by atoms with Crippen molar-refractivity contribution in [2.24, 2.45) is 5.16 Å². The lowest BCUT2D eigenvalue weighted by molar-refractivity contribution is -0.664. The molecule has 2 amide bonds. The number of imidazole rings is 1. The van der Waals surface area contributed by atoms with E-state index in [4.69, 9.17) is 38.1 Å². The van der Waals surface area contributed by atoms with Crippen molar-refractivity contribution in [3.05, 3.63) is 39.6 Å². The molecule has 2 aliphatic rings. The van der Waals surface area contributed by atoms with Crippen LogP contribution in [0.1, 0.15) is 12.6 Å². The number of fused-ring (bicyclic) bond motifs is 2. The summed E-state index contributed by atoms with van der Waals surface area (Å²) in [5.74, 6) is -4.19. The highest BCUT2D eigenvalue weighted by Crippen LogP contribution is 2.40. The molecule has 3 aromatic rings. The van der Waals surface area contributed by atoms with E-state index in [1.807, 2.05) is 6.07 Å². The predicted octanol–water partition coefficient (Wildman–Crippen LogP) is -2.52. The van der Waals surface area contributed by atoms with Crippen LogP contribution in [0.25, 0.3) is 11.2 Å². The van der Waals surface area contributed by atoms with E-state index in [-0.39, 0.29) is 45.7 Å². The first-order valence-corrected chi connectivity index (χ1v) is 16.2. The van der Waals surface area contributed by atoms with Crippen molar-refractivity contribution in [2.75, 3.05) is 36.9 Å². The number of carbonyl (C=O) groups excluding carboxylic acids is 3. The summed E-state index contributed by atoms with van der Waals surface area (Å²) in [6, 6.07) is 2.42. The van der Waals surface area contributed by atoms with Gasteiger partial charge in [0.1, 0.15) is 33.5 Å². The summed E-state index contributed by atoms with van der Waals surface area (Å²) in [6.07, 6.45) is 0.282. The molecule has 0 aliphatic carbocycles. The number of nitrogen functional groups attached to an aromatic ring is 2. The Morgan fingerprint density at radius 2 is 2.09 bits per heavy atom. The van der Waals surface area contributed by atoms with Crippen molar-refractivity contribution in [1.82, 2.24) is 30.1 Å². The summed E-state index contributed by atoms with van der Waals surface area (Å²) >= 11 is 8.23. The molecule has 21 heteroatoms. The van der Waals surface area contributed by atoms with Crippen LogP contribution in [-0.2, 0) is 37.1 Å². The van der Waals surface area contributed by atoms with Gasteiger partial charge in [0.25, 0.3) is 11.8 Å². The maximum Gasteiger partial charge on any atom is 0.351 e. The number of anilines is 2. The lowest BCUT2D eigenvalue weighted by Crippen LogP contribution is -2.71. The van der Waals surface area contributed by atoms with Crippen LogP contribution >= 0.6 is 34.7 Å². The van der Waals surface area contributed by atoms with Crippen LogP contribution in [0.15, 0.2) is 34.8 Å². The topological polar surface area (TPSA) is 267 Å². The number of aliphatic hydroxyl groups excluding tert-OH is 1. The number of carboxylic acids is 2. The molecule has 2 aliphatic heterocycles. The van der Waals surface area contributed by atoms with Gasteiger partial charge in [-0.05, 0) is 24.0 Å². The number of aliphatic hydroxyl groups is 1. The number of thioether (sulfide) groups is 1. The van der Waals surface area contributed by atoms with Gasteiger partial charge < -0.3 is 47.1 Å². The number of rotatable bonds is 14. The third-order valence-electron chi connectivity index (χ3n) is 7.19. The van der Waals surface area contributed by atoms with Crippen LogP contribution in [0, 0.1) is 0 Å². The minimum Gasteiger partial charge on any atom is -0.543 e. The van der Waals surface area contributed by atoms with Gasteiger partial charge in [-0.2, -0.15) is 0 Å². The minimum absolute atomic E-state index is 0.000137. The molecule has 1 fully saturated rings. The molecule has 0 saturated carbocycles. The molecule has 5 rings (SSSR count). The third kappa shape index (κ3) is 6.81. The normalized spacial score (nSPS) is 18.6. The van der Waals surface area contributed by atoms with E-state index in [1.165, 1.54) is 18.7 Å². The second-order valence-electron chi connectivity index (χ2n) is 10.2. The Bertz CT molecular complexity index is 1810. The Kier molecular flexibility index (Phi) is 10.2. The highest BCUT2D eigenvalue weighted by atomic mass is 35.5. The molecule has 1 saturated heterocycles. The van der Waals surface area contributed by atoms with Crippen LogP contribution < -0.4 is 31.8 Å². The SMILES string of the molecule is C[C@H](O/N=C(\C(=O)N[C@@H]1C(=O)N2C(C(=O)[O-])=C(C[n+]3cccc4c3nc(N)n4CCNCCO)CSC12)c1nc(N)sc1Cl)C(=O)O. The number of thiazole rings is 1. The molecule has 0 aromatic carbocycles. The van der Waals surface area contributed by atoms with Gasteiger partial charge in [-0.1, -0.05) is 28.1 Å². The van der Waals surface area contributed by atoms with E-state index >= 15 is 0 Å². The summed E-state index contributed by atoms with van der Waals surface area (Å²) < 4.78 is 3.48. The number of hydrogen-bond donors (Lipinski definition) is 6. The first-order chi connectivity index (χ1) is 22.4. The molecule has 0 radical (unpaired) electrons. The van der Waals surface area contributed by atoms with E-state index in [1.54, 1.807) is 21.4 Å². The second kappa shape index (κ2) is 14.1. The zero-order valence-corrected chi connectivity index (χ0v) is 27.0.